The summed E-state index contributed by atoms with van der Waals surface area (Å²) in [6, 6.07) is 1.89. The summed E-state index contributed by atoms with van der Waals surface area (Å²) in [7, 11) is 1.86. The molecule has 0 unspecified atom stereocenters. The highest BCUT2D eigenvalue weighted by Gasteiger charge is 2.36. The minimum Gasteiger partial charge on any atom is -0.394 e. The summed E-state index contributed by atoms with van der Waals surface area (Å²) < 4.78 is 7.07. The van der Waals surface area contributed by atoms with E-state index in [-0.39, 0.29) is 10.8 Å². The number of aromatic nitrogens is 4. The normalized spacial score (nSPS) is 16.6. The van der Waals surface area contributed by atoms with Gasteiger partial charge in [-0.2, -0.15) is 5.10 Å². The smallest absolute Gasteiger partial charge is 0.170 e. The predicted octanol–water partition coefficient (Wildman–Crippen LogP) is 1.47. The van der Waals surface area contributed by atoms with E-state index in [2.05, 4.69) is 37.8 Å². The maximum Gasteiger partial charge on any atom is 0.170 e. The first kappa shape index (κ1) is 17.6. The van der Waals surface area contributed by atoms with Gasteiger partial charge in [-0.15, -0.1) is 0 Å². The zero-order valence-electron chi connectivity index (χ0n) is 15.6. The van der Waals surface area contributed by atoms with E-state index >= 15 is 0 Å². The number of ether oxygens (including phenoxy) is 1. The first-order chi connectivity index (χ1) is 11.6. The summed E-state index contributed by atoms with van der Waals surface area (Å²) in [6.07, 6.45) is 1.72. The van der Waals surface area contributed by atoms with Gasteiger partial charge in [0.15, 0.2) is 5.82 Å². The fourth-order valence-corrected chi connectivity index (χ4v) is 2.84. The molecule has 136 valence electrons. The van der Waals surface area contributed by atoms with Crippen molar-refractivity contribution in [2.75, 3.05) is 30.5 Å². The van der Waals surface area contributed by atoms with Crippen molar-refractivity contribution < 1.29 is 4.74 Å². The van der Waals surface area contributed by atoms with E-state index in [1.54, 1.807) is 15.9 Å². The van der Waals surface area contributed by atoms with Crippen LogP contribution in [0, 0.1) is 5.41 Å². The molecule has 0 atom stereocenters. The third-order valence-corrected chi connectivity index (χ3v) is 4.39. The predicted molar refractivity (Wildman–Crippen MR) is 97.8 cm³/mol. The molecule has 0 spiro atoms. The number of anilines is 2. The van der Waals surface area contributed by atoms with Gasteiger partial charge in [0, 0.05) is 30.6 Å². The van der Waals surface area contributed by atoms with Gasteiger partial charge in [0.25, 0.3) is 0 Å². The number of rotatable bonds is 4. The quantitative estimate of drug-likeness (QED) is 0.638. The average Bonchev–Trinajstić information content (AvgIpc) is 2.90. The summed E-state index contributed by atoms with van der Waals surface area (Å²) >= 11 is 0. The van der Waals surface area contributed by atoms with Crippen molar-refractivity contribution in [3.8, 4) is 11.4 Å². The molecule has 1 aliphatic rings. The minimum absolute atomic E-state index is 0.0146. The molecule has 2 aromatic rings. The second-order valence-electron chi connectivity index (χ2n) is 8.15. The SMILES string of the molecule is Cn1nccc1-c1nc(C(C)(C)C)nc(N(N)CC2(C)COC2)c1N. The molecule has 0 amide bonds. The third kappa shape index (κ3) is 3.32. The Kier molecular flexibility index (Phi) is 4.20. The molecule has 8 nitrogen and oxygen atoms in total. The highest BCUT2D eigenvalue weighted by Crippen LogP contribution is 2.35. The molecule has 4 N–H and O–H groups in total. The zero-order valence-corrected chi connectivity index (χ0v) is 15.6. The number of hydrogen-bond acceptors (Lipinski definition) is 7. The van der Waals surface area contributed by atoms with Crippen LogP contribution in [0.5, 0.6) is 0 Å². The Labute approximate surface area is 148 Å². The third-order valence-electron chi connectivity index (χ3n) is 4.39. The monoisotopic (exact) mass is 345 g/mol. The van der Waals surface area contributed by atoms with Crippen molar-refractivity contribution in [2.24, 2.45) is 18.3 Å². The standard InChI is InChI=1S/C17H27N7O/c1-16(2,3)15-21-13(11-6-7-20-23(11)5)12(18)14(22-15)24(19)8-17(4)9-25-10-17/h6-7H,8-10,18-19H2,1-5H3. The summed E-state index contributed by atoms with van der Waals surface area (Å²) in [4.78, 5) is 9.40. The number of nitrogens with two attached hydrogens (primary N) is 2. The van der Waals surface area contributed by atoms with Crippen LogP contribution in [0.15, 0.2) is 12.3 Å². The van der Waals surface area contributed by atoms with E-state index in [1.807, 2.05) is 13.1 Å². The number of nitrogen functional groups attached to an aromatic ring is 1. The van der Waals surface area contributed by atoms with Crippen molar-refractivity contribution in [2.45, 2.75) is 33.1 Å². The Morgan fingerprint density at radius 3 is 2.48 bits per heavy atom. The van der Waals surface area contributed by atoms with E-state index in [0.717, 1.165) is 5.69 Å². The van der Waals surface area contributed by atoms with Crippen LogP contribution in [0.2, 0.25) is 0 Å². The molecule has 0 bridgehead atoms. The second kappa shape index (κ2) is 5.96. The van der Waals surface area contributed by atoms with Gasteiger partial charge in [-0.05, 0) is 6.07 Å². The van der Waals surface area contributed by atoms with Crippen molar-refractivity contribution >= 4 is 11.5 Å². The first-order valence-corrected chi connectivity index (χ1v) is 8.37. The zero-order chi connectivity index (χ0) is 18.4. The Balaban J connectivity index is 2.09. The first-order valence-electron chi connectivity index (χ1n) is 8.37. The highest BCUT2D eigenvalue weighted by molar-refractivity contribution is 5.79. The van der Waals surface area contributed by atoms with Gasteiger partial charge in [0.1, 0.15) is 17.2 Å². The molecular formula is C17H27N7O. The van der Waals surface area contributed by atoms with Crippen LogP contribution in [0.1, 0.15) is 33.5 Å². The summed E-state index contributed by atoms with van der Waals surface area (Å²) in [6.45, 7) is 10.3. The van der Waals surface area contributed by atoms with Crippen LogP contribution in [-0.2, 0) is 17.2 Å². The number of aryl methyl sites for hydroxylation is 1. The van der Waals surface area contributed by atoms with Gasteiger partial charge in [0.05, 0.1) is 18.9 Å². The highest BCUT2D eigenvalue weighted by atomic mass is 16.5. The molecule has 0 aliphatic carbocycles. The van der Waals surface area contributed by atoms with Gasteiger partial charge in [-0.25, -0.2) is 15.8 Å². The Hall–Kier alpha value is -2.19. The maximum atomic E-state index is 6.42. The lowest BCUT2D eigenvalue weighted by atomic mass is 9.88. The number of nitrogens with zero attached hydrogens (tertiary/aromatic N) is 5. The van der Waals surface area contributed by atoms with Crippen LogP contribution >= 0.6 is 0 Å². The van der Waals surface area contributed by atoms with Crippen molar-refractivity contribution in [3.05, 3.63) is 18.1 Å². The topological polar surface area (TPSA) is 108 Å². The lowest BCUT2D eigenvalue weighted by Crippen LogP contribution is -2.51. The van der Waals surface area contributed by atoms with Gasteiger partial charge in [0.2, 0.25) is 0 Å². The molecule has 8 heteroatoms. The average molecular weight is 345 g/mol. The maximum absolute atomic E-state index is 6.42. The van der Waals surface area contributed by atoms with Crippen molar-refractivity contribution in [3.63, 3.8) is 0 Å². The van der Waals surface area contributed by atoms with Crippen LogP contribution < -0.4 is 16.6 Å². The van der Waals surface area contributed by atoms with Gasteiger partial charge >= 0.3 is 0 Å². The van der Waals surface area contributed by atoms with Gasteiger partial charge in [-0.3, -0.25) is 9.69 Å². The summed E-state index contributed by atoms with van der Waals surface area (Å²) in [5.41, 5.74) is 8.14. The summed E-state index contributed by atoms with van der Waals surface area (Å²) in [5.74, 6) is 7.59. The molecular weight excluding hydrogens is 318 g/mol. The fourth-order valence-electron chi connectivity index (χ4n) is 2.84. The lowest BCUT2D eigenvalue weighted by Gasteiger charge is -2.41. The Morgan fingerprint density at radius 2 is 2.00 bits per heavy atom. The summed E-state index contributed by atoms with van der Waals surface area (Å²) in [5, 5.41) is 5.84. The fraction of sp³-hybridized carbons (Fsp3) is 0.588. The molecule has 25 heavy (non-hydrogen) atoms. The molecule has 0 aromatic carbocycles. The van der Waals surface area contributed by atoms with E-state index in [9.17, 15) is 0 Å². The second-order valence-corrected chi connectivity index (χ2v) is 8.15. The molecule has 1 fully saturated rings. The van der Waals surface area contributed by atoms with Crippen molar-refractivity contribution in [1.82, 2.24) is 19.7 Å². The van der Waals surface area contributed by atoms with E-state index in [4.69, 9.17) is 21.3 Å². The Morgan fingerprint density at radius 1 is 1.32 bits per heavy atom. The van der Waals surface area contributed by atoms with Crippen LogP contribution in [-0.4, -0.2) is 39.5 Å². The minimum atomic E-state index is -0.236. The Bertz CT molecular complexity index is 774. The largest absolute Gasteiger partial charge is 0.394 e. The van der Waals surface area contributed by atoms with Crippen LogP contribution in [0.3, 0.4) is 0 Å². The van der Waals surface area contributed by atoms with Gasteiger partial charge < -0.3 is 10.5 Å². The van der Waals surface area contributed by atoms with E-state index < -0.39 is 0 Å². The van der Waals surface area contributed by atoms with E-state index in [1.165, 1.54) is 0 Å². The number of hydrazine groups is 1. The van der Waals surface area contributed by atoms with Gasteiger partial charge in [-0.1, -0.05) is 27.7 Å². The van der Waals surface area contributed by atoms with Crippen molar-refractivity contribution in [1.29, 1.82) is 0 Å². The number of hydrogen-bond donors (Lipinski definition) is 2. The van der Waals surface area contributed by atoms with E-state index in [0.29, 0.717) is 42.8 Å². The van der Waals surface area contributed by atoms with Crippen LogP contribution in [0.4, 0.5) is 11.5 Å². The molecule has 1 saturated heterocycles. The molecule has 0 saturated carbocycles. The lowest BCUT2D eigenvalue weighted by molar-refractivity contribution is -0.0957. The molecule has 3 rings (SSSR count). The van der Waals surface area contributed by atoms with Crippen LogP contribution in [0.25, 0.3) is 11.4 Å². The molecule has 0 radical (unpaired) electrons. The molecule has 3 heterocycles. The molecule has 2 aromatic heterocycles. The molecule has 1 aliphatic heterocycles.